The molecule has 0 aliphatic heterocycles. The standard InChI is InChI=1S/C7H2ClF3N2O3/c8-6(14)3-1-2(9)5(13(15)16)4(12-3)7(10)11/h1,7H. The summed E-state index contributed by atoms with van der Waals surface area (Å²) < 4.78 is 37.7. The monoisotopic (exact) mass is 254 g/mol. The number of carbonyl (C=O) groups is 1. The van der Waals surface area contributed by atoms with Gasteiger partial charge in [0.25, 0.3) is 11.7 Å². The summed E-state index contributed by atoms with van der Waals surface area (Å²) in [5, 5.41) is 9.02. The first-order chi connectivity index (χ1) is 7.34. The summed E-state index contributed by atoms with van der Waals surface area (Å²) in [6.07, 6.45) is -3.38. The molecule has 1 heterocycles. The van der Waals surface area contributed by atoms with Gasteiger partial charge in [-0.1, -0.05) is 0 Å². The van der Waals surface area contributed by atoms with Gasteiger partial charge >= 0.3 is 5.69 Å². The summed E-state index contributed by atoms with van der Waals surface area (Å²) in [6.45, 7) is 0. The van der Waals surface area contributed by atoms with Crippen LogP contribution in [0.2, 0.25) is 0 Å². The van der Waals surface area contributed by atoms with Crippen LogP contribution in [0.3, 0.4) is 0 Å². The van der Waals surface area contributed by atoms with Crippen molar-refractivity contribution in [2.75, 3.05) is 0 Å². The van der Waals surface area contributed by atoms with Crippen LogP contribution in [0.1, 0.15) is 22.6 Å². The highest BCUT2D eigenvalue weighted by Crippen LogP contribution is 2.30. The molecule has 0 fully saturated rings. The van der Waals surface area contributed by atoms with Gasteiger partial charge in [0.15, 0.2) is 5.69 Å². The normalized spacial score (nSPS) is 10.6. The molecule has 86 valence electrons. The predicted octanol–water partition coefficient (Wildman–Crippen LogP) is 2.45. The molecule has 0 N–H and O–H groups in total. The number of nitro groups is 1. The topological polar surface area (TPSA) is 73.1 Å². The first-order valence-electron chi connectivity index (χ1n) is 3.67. The van der Waals surface area contributed by atoms with Crippen molar-refractivity contribution in [3.63, 3.8) is 0 Å². The van der Waals surface area contributed by atoms with E-state index in [9.17, 15) is 28.1 Å². The van der Waals surface area contributed by atoms with E-state index in [2.05, 4.69) is 4.98 Å². The highest BCUT2D eigenvalue weighted by molar-refractivity contribution is 6.67. The van der Waals surface area contributed by atoms with Gasteiger partial charge in [-0.05, 0) is 11.6 Å². The molecule has 0 amide bonds. The second kappa shape index (κ2) is 4.44. The van der Waals surface area contributed by atoms with Gasteiger partial charge in [0.05, 0.1) is 4.92 Å². The summed E-state index contributed by atoms with van der Waals surface area (Å²) >= 11 is 4.90. The van der Waals surface area contributed by atoms with Gasteiger partial charge in [-0.25, -0.2) is 13.8 Å². The Balaban J connectivity index is 3.51. The van der Waals surface area contributed by atoms with Crippen molar-refractivity contribution in [1.29, 1.82) is 0 Å². The van der Waals surface area contributed by atoms with E-state index in [1.165, 1.54) is 0 Å². The van der Waals surface area contributed by atoms with Crippen molar-refractivity contribution in [2.45, 2.75) is 6.43 Å². The minimum atomic E-state index is -3.38. The van der Waals surface area contributed by atoms with Crippen molar-refractivity contribution in [3.8, 4) is 0 Å². The lowest BCUT2D eigenvalue weighted by molar-refractivity contribution is -0.389. The summed E-state index contributed by atoms with van der Waals surface area (Å²) in [6, 6.07) is 0.333. The maximum atomic E-state index is 13.1. The molecule has 1 aromatic heterocycles. The number of carbonyl (C=O) groups excluding carboxylic acids is 1. The summed E-state index contributed by atoms with van der Waals surface area (Å²) in [5.41, 5.74) is -3.69. The molecule has 0 aromatic carbocycles. The SMILES string of the molecule is O=C(Cl)c1cc(F)c([N+](=O)[O-])c(C(F)F)n1. The molecule has 0 unspecified atom stereocenters. The fourth-order valence-corrected chi connectivity index (χ4v) is 1.06. The summed E-state index contributed by atoms with van der Waals surface area (Å²) in [5.74, 6) is -1.58. The van der Waals surface area contributed by atoms with E-state index in [0.29, 0.717) is 6.07 Å². The molecule has 0 aliphatic carbocycles. The van der Waals surface area contributed by atoms with E-state index in [-0.39, 0.29) is 0 Å². The fraction of sp³-hybridized carbons (Fsp3) is 0.143. The summed E-state index contributed by atoms with van der Waals surface area (Å²) in [7, 11) is 0. The fourth-order valence-electron chi connectivity index (χ4n) is 0.959. The number of nitrogens with zero attached hydrogens (tertiary/aromatic N) is 2. The van der Waals surface area contributed by atoms with E-state index >= 15 is 0 Å². The Labute approximate surface area is 91.0 Å². The largest absolute Gasteiger partial charge is 0.332 e. The molecule has 0 aliphatic rings. The predicted molar refractivity (Wildman–Crippen MR) is 46.0 cm³/mol. The van der Waals surface area contributed by atoms with Gasteiger partial charge in [0.1, 0.15) is 5.69 Å². The minimum Gasteiger partial charge on any atom is -0.274 e. The van der Waals surface area contributed by atoms with Gasteiger partial charge in [-0.3, -0.25) is 14.9 Å². The molecule has 9 heteroatoms. The molecular formula is C7H2ClF3N2O3. The van der Waals surface area contributed by atoms with Gasteiger partial charge < -0.3 is 0 Å². The Morgan fingerprint density at radius 2 is 2.12 bits per heavy atom. The van der Waals surface area contributed by atoms with Gasteiger partial charge in [0.2, 0.25) is 5.82 Å². The molecule has 0 atom stereocenters. The number of rotatable bonds is 3. The Morgan fingerprint density at radius 3 is 2.50 bits per heavy atom. The van der Waals surface area contributed by atoms with Crippen LogP contribution < -0.4 is 0 Å². The third kappa shape index (κ3) is 2.27. The number of pyridine rings is 1. The van der Waals surface area contributed by atoms with Crippen LogP contribution in [-0.4, -0.2) is 15.1 Å². The van der Waals surface area contributed by atoms with Crippen molar-refractivity contribution in [1.82, 2.24) is 4.98 Å². The highest BCUT2D eigenvalue weighted by Gasteiger charge is 2.30. The maximum absolute atomic E-state index is 13.1. The van der Waals surface area contributed by atoms with Crippen molar-refractivity contribution in [2.24, 2.45) is 0 Å². The molecule has 1 rings (SSSR count). The van der Waals surface area contributed by atoms with Crippen LogP contribution in [0.25, 0.3) is 0 Å². The zero-order valence-electron chi connectivity index (χ0n) is 7.29. The molecule has 5 nitrogen and oxygen atoms in total. The van der Waals surface area contributed by atoms with Crippen molar-refractivity contribution < 1.29 is 22.9 Å². The second-order valence-electron chi connectivity index (χ2n) is 2.55. The molecular weight excluding hydrogens is 253 g/mol. The van der Waals surface area contributed by atoms with Gasteiger partial charge in [-0.2, -0.15) is 4.39 Å². The number of hydrogen-bond acceptors (Lipinski definition) is 4. The molecule has 16 heavy (non-hydrogen) atoms. The van der Waals surface area contributed by atoms with E-state index in [4.69, 9.17) is 11.6 Å². The third-order valence-electron chi connectivity index (χ3n) is 1.56. The highest BCUT2D eigenvalue weighted by atomic mass is 35.5. The molecule has 0 radical (unpaired) electrons. The Bertz CT molecular complexity index is 466. The molecule has 1 aromatic rings. The molecule has 0 bridgehead atoms. The second-order valence-corrected chi connectivity index (χ2v) is 2.90. The van der Waals surface area contributed by atoms with Crippen LogP contribution in [0.4, 0.5) is 18.9 Å². The van der Waals surface area contributed by atoms with Crippen LogP contribution >= 0.6 is 11.6 Å². The quantitative estimate of drug-likeness (QED) is 0.472. The average molecular weight is 255 g/mol. The lowest BCUT2D eigenvalue weighted by atomic mass is 10.2. The Hall–Kier alpha value is -1.70. The number of halogens is 4. The van der Waals surface area contributed by atoms with Crippen LogP contribution in [0.15, 0.2) is 6.07 Å². The maximum Gasteiger partial charge on any atom is 0.332 e. The van der Waals surface area contributed by atoms with Gasteiger partial charge in [-0.15, -0.1) is 0 Å². The molecule has 0 spiro atoms. The molecule has 0 saturated carbocycles. The zero-order valence-corrected chi connectivity index (χ0v) is 8.04. The zero-order chi connectivity index (χ0) is 12.5. The molecule has 0 saturated heterocycles. The van der Waals surface area contributed by atoms with Crippen LogP contribution in [-0.2, 0) is 0 Å². The first kappa shape index (κ1) is 12.4. The van der Waals surface area contributed by atoms with Crippen LogP contribution in [0, 0.1) is 15.9 Å². The smallest absolute Gasteiger partial charge is 0.274 e. The number of alkyl halides is 2. The summed E-state index contributed by atoms with van der Waals surface area (Å²) in [4.78, 5) is 22.5. The van der Waals surface area contributed by atoms with E-state index in [1.54, 1.807) is 0 Å². The van der Waals surface area contributed by atoms with Crippen LogP contribution in [0.5, 0.6) is 0 Å². The van der Waals surface area contributed by atoms with Crippen molar-refractivity contribution in [3.05, 3.63) is 33.4 Å². The average Bonchev–Trinajstić information content (AvgIpc) is 2.15. The minimum absolute atomic E-state index is 0.333. The van der Waals surface area contributed by atoms with Crippen molar-refractivity contribution >= 4 is 22.5 Å². The van der Waals surface area contributed by atoms with E-state index < -0.39 is 39.5 Å². The van der Waals surface area contributed by atoms with E-state index in [0.717, 1.165) is 0 Å². The lowest BCUT2D eigenvalue weighted by Crippen LogP contribution is -2.07. The Morgan fingerprint density at radius 1 is 1.56 bits per heavy atom. The van der Waals surface area contributed by atoms with Gasteiger partial charge in [0, 0.05) is 6.07 Å². The first-order valence-corrected chi connectivity index (χ1v) is 4.05. The number of hydrogen-bond donors (Lipinski definition) is 0. The third-order valence-corrected chi connectivity index (χ3v) is 1.76. The van der Waals surface area contributed by atoms with E-state index in [1.807, 2.05) is 0 Å². The Kier molecular flexibility index (Phi) is 3.43. The number of aromatic nitrogens is 1. The lowest BCUT2D eigenvalue weighted by Gasteiger charge is -2.03.